The Bertz CT molecular complexity index is 1350. The number of halogens is 3. The summed E-state index contributed by atoms with van der Waals surface area (Å²) in [6, 6.07) is 17.8. The van der Waals surface area contributed by atoms with Crippen molar-refractivity contribution >= 4 is 40.2 Å². The van der Waals surface area contributed by atoms with Gasteiger partial charge in [0.2, 0.25) is 5.91 Å². The predicted molar refractivity (Wildman–Crippen MR) is 121 cm³/mol. The van der Waals surface area contributed by atoms with Crippen LogP contribution in [0.4, 0.5) is 8.78 Å². The topological polar surface area (TPSA) is 64.0 Å². The number of thioether (sulfide) groups is 1. The zero-order valence-corrected chi connectivity index (χ0v) is 18.1. The van der Waals surface area contributed by atoms with Crippen molar-refractivity contribution in [1.29, 1.82) is 0 Å². The van der Waals surface area contributed by atoms with Gasteiger partial charge in [0.05, 0.1) is 17.3 Å². The maximum Gasteiger partial charge on any atom is 0.281 e. The third-order valence-electron chi connectivity index (χ3n) is 4.60. The highest BCUT2D eigenvalue weighted by molar-refractivity contribution is 7.98. The van der Waals surface area contributed by atoms with Gasteiger partial charge in [0, 0.05) is 16.8 Å². The van der Waals surface area contributed by atoms with Crippen LogP contribution in [0, 0.1) is 11.6 Å². The van der Waals surface area contributed by atoms with Crippen molar-refractivity contribution in [3.63, 3.8) is 0 Å². The van der Waals surface area contributed by atoms with Crippen LogP contribution in [-0.2, 0) is 17.0 Å². The molecular formula is C23H16ClF2N3O2S. The van der Waals surface area contributed by atoms with Gasteiger partial charge in [0.25, 0.3) is 5.56 Å². The molecular weight excluding hydrogens is 456 g/mol. The highest BCUT2D eigenvalue weighted by Crippen LogP contribution is 2.23. The molecule has 0 atom stereocenters. The van der Waals surface area contributed by atoms with Crippen LogP contribution in [0.2, 0.25) is 5.02 Å². The van der Waals surface area contributed by atoms with Crippen LogP contribution in [0.25, 0.3) is 10.9 Å². The van der Waals surface area contributed by atoms with Crippen molar-refractivity contribution in [3.05, 3.63) is 105 Å². The van der Waals surface area contributed by atoms with Gasteiger partial charge in [-0.25, -0.2) is 13.8 Å². The summed E-state index contributed by atoms with van der Waals surface area (Å²) in [5.41, 5.74) is 3.51. The lowest BCUT2D eigenvalue weighted by molar-refractivity contribution is -0.116. The van der Waals surface area contributed by atoms with Gasteiger partial charge in [-0.05, 0) is 29.3 Å². The maximum absolute atomic E-state index is 13.8. The lowest BCUT2D eigenvalue weighted by atomic mass is 10.1. The molecule has 5 nitrogen and oxygen atoms in total. The normalized spacial score (nSPS) is 11.0. The first kappa shape index (κ1) is 22.0. The molecule has 1 heterocycles. The minimum atomic E-state index is -1.17. The third-order valence-corrected chi connectivity index (χ3v) is 5.87. The zero-order valence-electron chi connectivity index (χ0n) is 16.5. The van der Waals surface area contributed by atoms with E-state index in [1.807, 2.05) is 18.2 Å². The van der Waals surface area contributed by atoms with E-state index in [2.05, 4.69) is 10.4 Å². The van der Waals surface area contributed by atoms with Gasteiger partial charge in [0.15, 0.2) is 16.8 Å². The molecule has 4 aromatic rings. The first-order valence-electron chi connectivity index (χ1n) is 9.53. The average molecular weight is 472 g/mol. The monoisotopic (exact) mass is 471 g/mol. The van der Waals surface area contributed by atoms with Crippen LogP contribution in [0.1, 0.15) is 11.1 Å². The van der Waals surface area contributed by atoms with E-state index in [0.717, 1.165) is 27.9 Å². The summed E-state index contributed by atoms with van der Waals surface area (Å²) in [4.78, 5) is 30.0. The van der Waals surface area contributed by atoms with Crippen molar-refractivity contribution in [2.24, 2.45) is 0 Å². The molecule has 0 aliphatic carbocycles. The Morgan fingerprint density at radius 1 is 1.00 bits per heavy atom. The Hall–Kier alpha value is -3.23. The third kappa shape index (κ3) is 4.98. The molecule has 0 spiro atoms. The number of benzene rings is 3. The van der Waals surface area contributed by atoms with Crippen LogP contribution in [0.5, 0.6) is 0 Å². The van der Waals surface area contributed by atoms with Crippen LogP contribution >= 0.6 is 23.4 Å². The van der Waals surface area contributed by atoms with Crippen LogP contribution in [-0.4, -0.2) is 15.6 Å². The number of aromatic nitrogens is 2. The summed E-state index contributed by atoms with van der Waals surface area (Å²) < 4.78 is 28.5. The lowest BCUT2D eigenvalue weighted by Crippen LogP contribution is -2.36. The van der Waals surface area contributed by atoms with E-state index in [-0.39, 0.29) is 22.5 Å². The second-order valence-electron chi connectivity index (χ2n) is 6.93. The fourth-order valence-corrected chi connectivity index (χ4v) is 4.06. The Morgan fingerprint density at radius 3 is 2.41 bits per heavy atom. The molecule has 32 heavy (non-hydrogen) atoms. The van der Waals surface area contributed by atoms with Crippen molar-refractivity contribution in [3.8, 4) is 0 Å². The van der Waals surface area contributed by atoms with E-state index in [0.29, 0.717) is 10.8 Å². The standard InChI is InChI=1S/C23H16ClF2N3O2S/c24-16-8-6-15(7-9-16)13-32-23-27-20-12-19(26)18(25)11-17(20)22(31)29(23)28-21(30)10-14-4-2-1-3-5-14/h1-9,11-12H,10,13H2,(H,28,30). The molecule has 1 aromatic heterocycles. The van der Waals surface area contributed by atoms with Gasteiger partial charge >= 0.3 is 0 Å². The minimum Gasteiger partial charge on any atom is -0.273 e. The summed E-state index contributed by atoms with van der Waals surface area (Å²) in [7, 11) is 0. The minimum absolute atomic E-state index is 0.000986. The van der Waals surface area contributed by atoms with E-state index in [1.165, 1.54) is 11.8 Å². The van der Waals surface area contributed by atoms with Crippen LogP contribution in [0.15, 0.2) is 76.7 Å². The number of carbonyl (C=O) groups is 1. The van der Waals surface area contributed by atoms with E-state index < -0.39 is 23.1 Å². The number of nitrogens with zero attached hydrogens (tertiary/aromatic N) is 2. The molecule has 0 radical (unpaired) electrons. The van der Waals surface area contributed by atoms with Gasteiger partial charge < -0.3 is 0 Å². The number of hydrogen-bond acceptors (Lipinski definition) is 4. The molecule has 0 unspecified atom stereocenters. The lowest BCUT2D eigenvalue weighted by Gasteiger charge is -2.14. The molecule has 162 valence electrons. The highest BCUT2D eigenvalue weighted by atomic mass is 35.5. The van der Waals surface area contributed by atoms with Gasteiger partial charge in [0.1, 0.15) is 0 Å². The highest BCUT2D eigenvalue weighted by Gasteiger charge is 2.17. The zero-order chi connectivity index (χ0) is 22.7. The quantitative estimate of drug-likeness (QED) is 0.320. The van der Waals surface area contributed by atoms with Gasteiger partial charge in [-0.1, -0.05) is 65.8 Å². The Labute approximate surface area is 191 Å². The molecule has 0 aliphatic rings. The molecule has 0 saturated carbocycles. The number of carbonyl (C=O) groups excluding carboxylic acids is 1. The summed E-state index contributed by atoms with van der Waals surface area (Å²) in [5, 5.41) is 0.592. The first-order chi connectivity index (χ1) is 15.4. The van der Waals surface area contributed by atoms with Crippen molar-refractivity contribution in [2.75, 3.05) is 5.43 Å². The van der Waals surface area contributed by atoms with Gasteiger partial charge in [-0.2, -0.15) is 4.68 Å². The second kappa shape index (κ2) is 9.50. The number of amides is 1. The van der Waals surface area contributed by atoms with E-state index in [9.17, 15) is 18.4 Å². The Kier molecular flexibility index (Phi) is 6.53. The number of rotatable bonds is 6. The molecule has 4 rings (SSSR count). The summed E-state index contributed by atoms with van der Waals surface area (Å²) in [5.74, 6) is -2.31. The first-order valence-corrected chi connectivity index (χ1v) is 10.9. The van der Waals surface area contributed by atoms with Crippen molar-refractivity contribution in [1.82, 2.24) is 9.66 Å². The van der Waals surface area contributed by atoms with Crippen LogP contribution in [0.3, 0.4) is 0 Å². The van der Waals surface area contributed by atoms with Crippen molar-refractivity contribution < 1.29 is 13.6 Å². The van der Waals surface area contributed by atoms with E-state index in [4.69, 9.17) is 11.6 Å². The average Bonchev–Trinajstić information content (AvgIpc) is 2.78. The molecule has 1 N–H and O–H groups in total. The molecule has 3 aromatic carbocycles. The Balaban J connectivity index is 1.70. The molecule has 9 heteroatoms. The van der Waals surface area contributed by atoms with Crippen molar-refractivity contribution in [2.45, 2.75) is 17.3 Å². The smallest absolute Gasteiger partial charge is 0.273 e. The number of nitrogens with one attached hydrogen (secondary N) is 1. The fraction of sp³-hybridized carbons (Fsp3) is 0.0870. The predicted octanol–water partition coefficient (Wildman–Crippen LogP) is 4.93. The number of hydrogen-bond donors (Lipinski definition) is 1. The fourth-order valence-electron chi connectivity index (χ4n) is 3.03. The van der Waals surface area contributed by atoms with Crippen LogP contribution < -0.4 is 11.0 Å². The number of fused-ring (bicyclic) bond motifs is 1. The van der Waals surface area contributed by atoms with E-state index in [1.54, 1.807) is 36.4 Å². The molecule has 0 bridgehead atoms. The largest absolute Gasteiger partial charge is 0.281 e. The van der Waals surface area contributed by atoms with Gasteiger partial charge in [-0.3, -0.25) is 15.0 Å². The SMILES string of the molecule is O=C(Cc1ccccc1)Nn1c(SCc2ccc(Cl)cc2)nc2cc(F)c(F)cc2c1=O. The molecule has 0 aliphatic heterocycles. The van der Waals surface area contributed by atoms with E-state index >= 15 is 0 Å². The summed E-state index contributed by atoms with van der Waals surface area (Å²) >= 11 is 7.08. The molecule has 0 fully saturated rings. The maximum atomic E-state index is 13.8. The summed E-state index contributed by atoms with van der Waals surface area (Å²) in [6.45, 7) is 0. The Morgan fingerprint density at radius 2 is 1.69 bits per heavy atom. The molecule has 1 amide bonds. The second-order valence-corrected chi connectivity index (χ2v) is 8.31. The van der Waals surface area contributed by atoms with Gasteiger partial charge in [-0.15, -0.1) is 0 Å². The molecule has 0 saturated heterocycles. The summed E-state index contributed by atoms with van der Waals surface area (Å²) in [6.07, 6.45) is 0.0321.